The molecule has 2 aliphatic heterocycles. The average Bonchev–Trinajstić information content (AvgIpc) is 3.05. The summed E-state index contributed by atoms with van der Waals surface area (Å²) in [6.45, 7) is 5.39. The second-order valence-corrected chi connectivity index (χ2v) is 7.66. The normalized spacial score (nSPS) is 17.6. The van der Waals surface area contributed by atoms with Crippen molar-refractivity contribution in [2.24, 2.45) is 5.92 Å². The van der Waals surface area contributed by atoms with Gasteiger partial charge in [-0.05, 0) is 55.6 Å². The topological polar surface area (TPSA) is 42.0 Å². The molecule has 0 N–H and O–H groups in total. The number of fused-ring (bicyclic) bond motifs is 1. The van der Waals surface area contributed by atoms with Crippen molar-refractivity contribution in [3.63, 3.8) is 0 Å². The standard InChI is InChI=1S/C23H28N2O3/c1-27-20-6-4-7-21(15-20)28-14-13-24-11-9-18(10-12-24)16-25-17-19-5-2-3-8-22(19)23(25)26/h2-8,15,18H,9-14,16-17H2,1H3. The fourth-order valence-electron chi connectivity index (χ4n) is 4.15. The molecule has 2 aromatic rings. The Morgan fingerprint density at radius 2 is 1.82 bits per heavy atom. The smallest absolute Gasteiger partial charge is 0.254 e. The SMILES string of the molecule is COc1cccc(OCCN2CCC(CN3Cc4ccccc4C3=O)CC2)c1. The largest absolute Gasteiger partial charge is 0.497 e. The van der Waals surface area contributed by atoms with Gasteiger partial charge in [0.1, 0.15) is 18.1 Å². The quantitative estimate of drug-likeness (QED) is 0.738. The summed E-state index contributed by atoms with van der Waals surface area (Å²) in [6.07, 6.45) is 2.28. The summed E-state index contributed by atoms with van der Waals surface area (Å²) in [5.41, 5.74) is 2.05. The van der Waals surface area contributed by atoms with Crippen molar-refractivity contribution < 1.29 is 14.3 Å². The first-order chi connectivity index (χ1) is 13.7. The third-order valence-corrected chi connectivity index (χ3v) is 5.80. The first kappa shape index (κ1) is 18.8. The molecular formula is C23H28N2O3. The zero-order valence-electron chi connectivity index (χ0n) is 16.5. The van der Waals surface area contributed by atoms with E-state index >= 15 is 0 Å². The fraction of sp³-hybridized carbons (Fsp3) is 0.435. The Kier molecular flexibility index (Phi) is 5.81. The van der Waals surface area contributed by atoms with E-state index in [4.69, 9.17) is 9.47 Å². The third kappa shape index (κ3) is 4.30. The molecule has 1 fully saturated rings. The van der Waals surface area contributed by atoms with Crippen LogP contribution in [0.4, 0.5) is 0 Å². The number of piperidine rings is 1. The Morgan fingerprint density at radius 1 is 1.04 bits per heavy atom. The number of methoxy groups -OCH3 is 1. The Balaban J connectivity index is 1.18. The van der Waals surface area contributed by atoms with Gasteiger partial charge in [-0.2, -0.15) is 0 Å². The van der Waals surface area contributed by atoms with Gasteiger partial charge in [0.15, 0.2) is 0 Å². The minimum Gasteiger partial charge on any atom is -0.497 e. The number of nitrogens with zero attached hydrogens (tertiary/aromatic N) is 2. The van der Waals surface area contributed by atoms with Gasteiger partial charge in [-0.15, -0.1) is 0 Å². The number of hydrogen-bond acceptors (Lipinski definition) is 4. The van der Waals surface area contributed by atoms with Crippen LogP contribution in [-0.4, -0.2) is 55.6 Å². The van der Waals surface area contributed by atoms with Crippen molar-refractivity contribution >= 4 is 5.91 Å². The molecule has 2 aliphatic rings. The van der Waals surface area contributed by atoms with E-state index in [2.05, 4.69) is 11.0 Å². The van der Waals surface area contributed by atoms with Gasteiger partial charge in [-0.3, -0.25) is 9.69 Å². The molecule has 0 bridgehead atoms. The van der Waals surface area contributed by atoms with Crippen molar-refractivity contribution in [1.29, 1.82) is 0 Å². The van der Waals surface area contributed by atoms with Crippen LogP contribution in [0, 0.1) is 5.92 Å². The molecule has 2 aromatic carbocycles. The van der Waals surface area contributed by atoms with Crippen LogP contribution in [0.2, 0.25) is 0 Å². The molecule has 0 aliphatic carbocycles. The number of rotatable bonds is 7. The molecule has 1 saturated heterocycles. The number of likely N-dealkylation sites (tertiary alicyclic amines) is 1. The maximum atomic E-state index is 12.5. The highest BCUT2D eigenvalue weighted by molar-refractivity contribution is 5.98. The second kappa shape index (κ2) is 8.65. The van der Waals surface area contributed by atoms with Crippen LogP contribution in [0.3, 0.4) is 0 Å². The molecule has 4 rings (SSSR count). The zero-order chi connectivity index (χ0) is 19.3. The Labute approximate surface area is 166 Å². The van der Waals surface area contributed by atoms with E-state index in [1.54, 1.807) is 7.11 Å². The zero-order valence-corrected chi connectivity index (χ0v) is 16.5. The molecule has 28 heavy (non-hydrogen) atoms. The van der Waals surface area contributed by atoms with Gasteiger partial charge >= 0.3 is 0 Å². The number of benzene rings is 2. The van der Waals surface area contributed by atoms with Gasteiger partial charge in [0.05, 0.1) is 7.11 Å². The Morgan fingerprint density at radius 3 is 2.61 bits per heavy atom. The summed E-state index contributed by atoms with van der Waals surface area (Å²) in [5.74, 6) is 2.46. The number of amides is 1. The minimum absolute atomic E-state index is 0.199. The van der Waals surface area contributed by atoms with Crippen LogP contribution in [0.5, 0.6) is 11.5 Å². The van der Waals surface area contributed by atoms with Gasteiger partial charge in [0.2, 0.25) is 0 Å². The van der Waals surface area contributed by atoms with E-state index in [0.717, 1.165) is 62.6 Å². The van der Waals surface area contributed by atoms with Gasteiger partial charge < -0.3 is 14.4 Å². The van der Waals surface area contributed by atoms with Gasteiger partial charge in [-0.25, -0.2) is 0 Å². The molecule has 2 heterocycles. The van der Waals surface area contributed by atoms with Crippen molar-refractivity contribution in [3.8, 4) is 11.5 Å². The third-order valence-electron chi connectivity index (χ3n) is 5.80. The van der Waals surface area contributed by atoms with E-state index in [1.807, 2.05) is 47.4 Å². The molecule has 0 atom stereocenters. The second-order valence-electron chi connectivity index (χ2n) is 7.66. The van der Waals surface area contributed by atoms with Gasteiger partial charge in [0, 0.05) is 31.3 Å². The summed E-state index contributed by atoms with van der Waals surface area (Å²) in [7, 11) is 1.66. The molecule has 5 nitrogen and oxygen atoms in total. The predicted molar refractivity (Wildman–Crippen MR) is 109 cm³/mol. The van der Waals surface area contributed by atoms with Gasteiger partial charge in [0.25, 0.3) is 5.91 Å². The first-order valence-electron chi connectivity index (χ1n) is 10.1. The van der Waals surface area contributed by atoms with Crippen LogP contribution in [0.15, 0.2) is 48.5 Å². The molecule has 0 radical (unpaired) electrons. The Bertz CT molecular complexity index is 815. The number of carbonyl (C=O) groups excluding carboxylic acids is 1. The lowest BCUT2D eigenvalue weighted by Gasteiger charge is -2.33. The first-order valence-corrected chi connectivity index (χ1v) is 10.1. The minimum atomic E-state index is 0.199. The summed E-state index contributed by atoms with van der Waals surface area (Å²) < 4.78 is 11.1. The molecule has 5 heteroatoms. The summed E-state index contributed by atoms with van der Waals surface area (Å²) in [5, 5.41) is 0. The van der Waals surface area contributed by atoms with Crippen LogP contribution in [0.25, 0.3) is 0 Å². The molecule has 0 spiro atoms. The summed E-state index contributed by atoms with van der Waals surface area (Å²) in [4.78, 5) is 17.0. The van der Waals surface area contributed by atoms with Crippen molar-refractivity contribution in [3.05, 3.63) is 59.7 Å². The van der Waals surface area contributed by atoms with Crippen molar-refractivity contribution in [2.45, 2.75) is 19.4 Å². The molecule has 0 unspecified atom stereocenters. The fourth-order valence-corrected chi connectivity index (χ4v) is 4.15. The molecule has 0 aromatic heterocycles. The summed E-state index contributed by atoms with van der Waals surface area (Å²) >= 11 is 0. The molecular weight excluding hydrogens is 352 g/mol. The highest BCUT2D eigenvalue weighted by atomic mass is 16.5. The Hall–Kier alpha value is -2.53. The van der Waals surface area contributed by atoms with Crippen molar-refractivity contribution in [2.75, 3.05) is 39.9 Å². The van der Waals surface area contributed by atoms with Crippen LogP contribution in [0.1, 0.15) is 28.8 Å². The molecule has 148 valence electrons. The van der Waals surface area contributed by atoms with Gasteiger partial charge in [-0.1, -0.05) is 24.3 Å². The number of ether oxygens (including phenoxy) is 2. The highest BCUT2D eigenvalue weighted by Crippen LogP contribution is 2.26. The number of carbonyl (C=O) groups is 1. The predicted octanol–water partition coefficient (Wildman–Crippen LogP) is 3.44. The van der Waals surface area contributed by atoms with Crippen LogP contribution >= 0.6 is 0 Å². The van der Waals surface area contributed by atoms with Crippen molar-refractivity contribution in [1.82, 2.24) is 9.80 Å². The van der Waals surface area contributed by atoms with Crippen LogP contribution in [-0.2, 0) is 6.54 Å². The van der Waals surface area contributed by atoms with Crippen LogP contribution < -0.4 is 9.47 Å². The maximum Gasteiger partial charge on any atom is 0.254 e. The molecule has 1 amide bonds. The average molecular weight is 380 g/mol. The summed E-state index contributed by atoms with van der Waals surface area (Å²) in [6, 6.07) is 15.7. The van der Waals surface area contributed by atoms with E-state index in [-0.39, 0.29) is 5.91 Å². The van der Waals surface area contributed by atoms with E-state index in [1.165, 1.54) is 5.56 Å². The molecule has 0 saturated carbocycles. The van der Waals surface area contributed by atoms with E-state index in [9.17, 15) is 4.79 Å². The lowest BCUT2D eigenvalue weighted by Crippen LogP contribution is -2.40. The lowest BCUT2D eigenvalue weighted by molar-refractivity contribution is 0.0708. The maximum absolute atomic E-state index is 12.5. The lowest BCUT2D eigenvalue weighted by atomic mass is 9.96. The van der Waals surface area contributed by atoms with E-state index in [0.29, 0.717) is 12.5 Å². The van der Waals surface area contributed by atoms with E-state index < -0.39 is 0 Å². The number of hydrogen-bond donors (Lipinski definition) is 0. The monoisotopic (exact) mass is 380 g/mol. The highest BCUT2D eigenvalue weighted by Gasteiger charge is 2.29.